The normalized spacial score (nSPS) is 13.2. The van der Waals surface area contributed by atoms with E-state index in [1.807, 2.05) is 56.3 Å². The molecule has 0 N–H and O–H groups in total. The lowest BCUT2D eigenvalue weighted by Gasteiger charge is -2.15. The van der Waals surface area contributed by atoms with Gasteiger partial charge in [0, 0.05) is 17.7 Å². The second-order valence-electron chi connectivity index (χ2n) is 6.55. The van der Waals surface area contributed by atoms with Crippen molar-refractivity contribution >= 4 is 28.7 Å². The Morgan fingerprint density at radius 3 is 2.46 bits per heavy atom. The maximum absolute atomic E-state index is 11.6. The molecular weight excluding hydrogens is 302 g/mol. The summed E-state index contributed by atoms with van der Waals surface area (Å²) < 4.78 is 5.18. The van der Waals surface area contributed by atoms with E-state index in [0.29, 0.717) is 5.69 Å². The second kappa shape index (κ2) is 6.95. The van der Waals surface area contributed by atoms with E-state index in [4.69, 9.17) is 4.74 Å². The zero-order valence-corrected chi connectivity index (χ0v) is 14.8. The van der Waals surface area contributed by atoms with Gasteiger partial charge in [-0.1, -0.05) is 30.4 Å². The van der Waals surface area contributed by atoms with Gasteiger partial charge in [0.15, 0.2) is 0 Å². The molecule has 1 atom stereocenters. The van der Waals surface area contributed by atoms with Gasteiger partial charge in [0.1, 0.15) is 11.9 Å². The lowest BCUT2D eigenvalue weighted by atomic mass is 9.88. The number of fused-ring (bicyclic) bond motifs is 1. The van der Waals surface area contributed by atoms with Gasteiger partial charge in [-0.3, -0.25) is 9.59 Å². The van der Waals surface area contributed by atoms with E-state index in [-0.39, 0.29) is 17.9 Å². The number of ether oxygens (including phenoxy) is 1. The van der Waals surface area contributed by atoms with E-state index in [2.05, 4.69) is 4.98 Å². The number of ketones is 1. The summed E-state index contributed by atoms with van der Waals surface area (Å²) in [6.07, 6.45) is 3.45. The van der Waals surface area contributed by atoms with Crippen LogP contribution in [0.5, 0.6) is 0 Å². The van der Waals surface area contributed by atoms with Crippen LogP contribution in [0.2, 0.25) is 0 Å². The molecule has 0 aliphatic rings. The standard InChI is InChI=1S/C20H23NO3/c1-13(24-15(3)23)18-9-8-17-7-6-16(12-19(17)21-18)10-11-20(4,5)14(2)22/h6-13H,1-5H3/b11-10+/t13-/m1/s1. The van der Waals surface area contributed by atoms with Crippen molar-refractivity contribution in [2.24, 2.45) is 5.41 Å². The summed E-state index contributed by atoms with van der Waals surface area (Å²) in [5, 5.41) is 1.01. The highest BCUT2D eigenvalue weighted by Crippen LogP contribution is 2.23. The minimum absolute atomic E-state index is 0.121. The van der Waals surface area contributed by atoms with Crippen LogP contribution in [-0.2, 0) is 14.3 Å². The second-order valence-corrected chi connectivity index (χ2v) is 6.55. The first kappa shape index (κ1) is 17.9. The van der Waals surface area contributed by atoms with Crippen molar-refractivity contribution in [1.82, 2.24) is 4.98 Å². The highest BCUT2D eigenvalue weighted by atomic mass is 16.5. The molecule has 0 bridgehead atoms. The third-order valence-electron chi connectivity index (χ3n) is 4.10. The van der Waals surface area contributed by atoms with Gasteiger partial charge in [-0.05, 0) is 45.4 Å². The minimum atomic E-state index is -0.492. The summed E-state index contributed by atoms with van der Waals surface area (Å²) in [4.78, 5) is 27.3. The highest BCUT2D eigenvalue weighted by Gasteiger charge is 2.19. The van der Waals surface area contributed by atoms with Gasteiger partial charge in [-0.2, -0.15) is 0 Å². The van der Waals surface area contributed by atoms with Gasteiger partial charge >= 0.3 is 5.97 Å². The zero-order valence-electron chi connectivity index (χ0n) is 14.8. The molecule has 1 aromatic heterocycles. The van der Waals surface area contributed by atoms with Gasteiger partial charge in [-0.15, -0.1) is 0 Å². The molecule has 0 amide bonds. The number of nitrogens with zero attached hydrogens (tertiary/aromatic N) is 1. The predicted octanol–water partition coefficient (Wildman–Crippen LogP) is 4.49. The first-order chi connectivity index (χ1) is 11.2. The van der Waals surface area contributed by atoms with Crippen LogP contribution in [0.15, 0.2) is 36.4 Å². The van der Waals surface area contributed by atoms with Crippen LogP contribution in [0.4, 0.5) is 0 Å². The number of rotatable bonds is 5. The van der Waals surface area contributed by atoms with E-state index in [1.165, 1.54) is 6.92 Å². The molecule has 2 aromatic rings. The molecule has 24 heavy (non-hydrogen) atoms. The molecule has 0 unspecified atom stereocenters. The van der Waals surface area contributed by atoms with Crippen LogP contribution in [0.25, 0.3) is 17.0 Å². The van der Waals surface area contributed by atoms with Gasteiger partial charge in [0.25, 0.3) is 0 Å². The smallest absolute Gasteiger partial charge is 0.303 e. The number of carbonyl (C=O) groups excluding carboxylic acids is 2. The quantitative estimate of drug-likeness (QED) is 0.760. The largest absolute Gasteiger partial charge is 0.456 e. The summed E-state index contributed by atoms with van der Waals surface area (Å²) in [5.74, 6) is -0.206. The number of aromatic nitrogens is 1. The van der Waals surface area contributed by atoms with Gasteiger partial charge in [0.2, 0.25) is 0 Å². The molecule has 4 nitrogen and oxygen atoms in total. The van der Waals surface area contributed by atoms with E-state index in [1.54, 1.807) is 13.8 Å². The first-order valence-electron chi connectivity index (χ1n) is 7.97. The van der Waals surface area contributed by atoms with Crippen molar-refractivity contribution in [3.63, 3.8) is 0 Å². The van der Waals surface area contributed by atoms with E-state index >= 15 is 0 Å². The molecule has 0 aliphatic carbocycles. The number of pyridine rings is 1. The maximum atomic E-state index is 11.6. The number of Topliss-reactive ketones (excluding diaryl/α,β-unsaturated/α-hetero) is 1. The highest BCUT2D eigenvalue weighted by molar-refractivity contribution is 5.85. The average molecular weight is 325 g/mol. The van der Waals surface area contributed by atoms with E-state index in [9.17, 15) is 9.59 Å². The number of allylic oxidation sites excluding steroid dienone is 1. The summed E-state index contributed by atoms with van der Waals surface area (Å²) >= 11 is 0. The molecule has 0 saturated carbocycles. The third kappa shape index (κ3) is 4.28. The predicted molar refractivity (Wildman–Crippen MR) is 95.4 cm³/mol. The Kier molecular flexibility index (Phi) is 5.17. The Balaban J connectivity index is 2.33. The van der Waals surface area contributed by atoms with Gasteiger partial charge < -0.3 is 4.74 Å². The average Bonchev–Trinajstić information content (AvgIpc) is 2.51. The number of esters is 1. The number of benzene rings is 1. The summed E-state index contributed by atoms with van der Waals surface area (Å²) in [6.45, 7) is 8.56. The molecular formula is C20H23NO3. The van der Waals surface area contributed by atoms with Crippen molar-refractivity contribution in [2.75, 3.05) is 0 Å². The molecule has 0 spiro atoms. The summed E-state index contributed by atoms with van der Waals surface area (Å²) in [5.41, 5.74) is 2.02. The molecule has 4 heteroatoms. The van der Waals surface area contributed by atoms with Crippen LogP contribution in [0.3, 0.4) is 0 Å². The van der Waals surface area contributed by atoms with Crippen molar-refractivity contribution in [3.05, 3.63) is 47.7 Å². The van der Waals surface area contributed by atoms with Crippen molar-refractivity contribution in [1.29, 1.82) is 0 Å². The van der Waals surface area contributed by atoms with Crippen molar-refractivity contribution in [3.8, 4) is 0 Å². The maximum Gasteiger partial charge on any atom is 0.303 e. The topological polar surface area (TPSA) is 56.3 Å². The fourth-order valence-corrected chi connectivity index (χ4v) is 2.21. The molecule has 2 rings (SSSR count). The van der Waals surface area contributed by atoms with Crippen LogP contribution >= 0.6 is 0 Å². The summed E-state index contributed by atoms with van der Waals surface area (Å²) in [6, 6.07) is 9.77. The lowest BCUT2D eigenvalue weighted by molar-refractivity contribution is -0.146. The summed E-state index contributed by atoms with van der Waals surface area (Å²) in [7, 11) is 0. The molecule has 1 heterocycles. The molecule has 0 aliphatic heterocycles. The molecule has 126 valence electrons. The fraction of sp³-hybridized carbons (Fsp3) is 0.350. The number of hydrogen-bond donors (Lipinski definition) is 0. The Labute approximate surface area is 142 Å². The number of hydrogen-bond acceptors (Lipinski definition) is 4. The Morgan fingerprint density at radius 1 is 1.17 bits per heavy atom. The molecule has 1 aromatic carbocycles. The van der Waals surface area contributed by atoms with Crippen molar-refractivity contribution in [2.45, 2.75) is 40.7 Å². The van der Waals surface area contributed by atoms with E-state index < -0.39 is 5.41 Å². The molecule has 0 fully saturated rings. The van der Waals surface area contributed by atoms with E-state index in [0.717, 1.165) is 16.5 Å². The zero-order chi connectivity index (χ0) is 17.9. The Bertz CT molecular complexity index is 806. The molecule has 0 saturated heterocycles. The van der Waals surface area contributed by atoms with Crippen LogP contribution in [0, 0.1) is 5.41 Å². The Morgan fingerprint density at radius 2 is 1.83 bits per heavy atom. The lowest BCUT2D eigenvalue weighted by Crippen LogP contribution is -2.17. The van der Waals surface area contributed by atoms with Gasteiger partial charge in [0.05, 0.1) is 11.2 Å². The Hall–Kier alpha value is -2.49. The van der Waals surface area contributed by atoms with Gasteiger partial charge in [-0.25, -0.2) is 4.98 Å². The third-order valence-corrected chi connectivity index (χ3v) is 4.10. The van der Waals surface area contributed by atoms with Crippen molar-refractivity contribution < 1.29 is 14.3 Å². The molecule has 0 radical (unpaired) electrons. The first-order valence-corrected chi connectivity index (χ1v) is 7.97. The monoisotopic (exact) mass is 325 g/mol. The number of carbonyl (C=O) groups is 2. The van der Waals surface area contributed by atoms with Crippen LogP contribution < -0.4 is 0 Å². The van der Waals surface area contributed by atoms with Crippen LogP contribution in [0.1, 0.15) is 52.0 Å². The SMILES string of the molecule is CC(=O)O[C@H](C)c1ccc2ccc(/C=C/C(C)(C)C(C)=O)cc2n1. The fourth-order valence-electron chi connectivity index (χ4n) is 2.21. The minimum Gasteiger partial charge on any atom is -0.456 e. The van der Waals surface area contributed by atoms with Crippen LogP contribution in [-0.4, -0.2) is 16.7 Å².